The minimum absolute atomic E-state index is 0.00608. The number of nitrogens with zero attached hydrogens (tertiary/aromatic N) is 1. The second-order valence-electron chi connectivity index (χ2n) is 7.51. The molecule has 9 heteroatoms. The molecule has 0 radical (unpaired) electrons. The highest BCUT2D eigenvalue weighted by molar-refractivity contribution is 5.55. The Morgan fingerprint density at radius 3 is 2.20 bits per heavy atom. The van der Waals surface area contributed by atoms with Gasteiger partial charge in [0.1, 0.15) is 11.8 Å². The van der Waals surface area contributed by atoms with Crippen molar-refractivity contribution >= 4 is 5.69 Å². The number of aromatic nitrogens is 1. The van der Waals surface area contributed by atoms with E-state index in [-0.39, 0.29) is 22.9 Å². The lowest BCUT2D eigenvalue weighted by Gasteiger charge is -2.23. The SMILES string of the molecule is OC(c1cccc(C(F)(F)F)c1)c1cnc(C(F)(F)F)cc1NC1CCCCCC1. The largest absolute Gasteiger partial charge is 0.433 e. The fourth-order valence-corrected chi connectivity index (χ4v) is 3.67. The van der Waals surface area contributed by atoms with E-state index in [0.29, 0.717) is 0 Å². The van der Waals surface area contributed by atoms with Gasteiger partial charge in [0.05, 0.1) is 5.56 Å². The summed E-state index contributed by atoms with van der Waals surface area (Å²) in [4.78, 5) is 3.39. The van der Waals surface area contributed by atoms with E-state index in [4.69, 9.17) is 0 Å². The number of hydrogen-bond donors (Lipinski definition) is 2. The van der Waals surface area contributed by atoms with Crippen molar-refractivity contribution < 1.29 is 31.4 Å². The second-order valence-corrected chi connectivity index (χ2v) is 7.51. The normalized spacial score (nSPS) is 17.4. The fourth-order valence-electron chi connectivity index (χ4n) is 3.67. The molecule has 1 aromatic carbocycles. The van der Waals surface area contributed by atoms with Gasteiger partial charge in [-0.15, -0.1) is 0 Å². The van der Waals surface area contributed by atoms with Crippen LogP contribution in [0, 0.1) is 0 Å². The predicted molar refractivity (Wildman–Crippen MR) is 99.9 cm³/mol. The maximum absolute atomic E-state index is 13.2. The molecule has 30 heavy (non-hydrogen) atoms. The van der Waals surface area contributed by atoms with Gasteiger partial charge in [-0.25, -0.2) is 0 Å². The highest BCUT2D eigenvalue weighted by Crippen LogP contribution is 2.37. The predicted octanol–water partition coefficient (Wildman–Crippen LogP) is 6.34. The molecular formula is C21H22F6N2O. The van der Waals surface area contributed by atoms with Crippen LogP contribution in [0.25, 0.3) is 0 Å². The van der Waals surface area contributed by atoms with Gasteiger partial charge in [0.25, 0.3) is 0 Å². The van der Waals surface area contributed by atoms with Gasteiger partial charge in [0, 0.05) is 23.5 Å². The van der Waals surface area contributed by atoms with Gasteiger partial charge in [-0.2, -0.15) is 26.3 Å². The molecular weight excluding hydrogens is 410 g/mol. The summed E-state index contributed by atoms with van der Waals surface area (Å²) in [7, 11) is 0. The van der Waals surface area contributed by atoms with Crippen molar-refractivity contribution in [3.05, 3.63) is 58.9 Å². The number of benzene rings is 1. The number of nitrogens with one attached hydrogen (secondary N) is 1. The Bertz CT molecular complexity index is 857. The van der Waals surface area contributed by atoms with Gasteiger partial charge in [0.2, 0.25) is 0 Å². The molecule has 164 valence electrons. The standard InChI is InChI=1S/C21H22F6N2O/c22-20(23,24)14-7-5-6-13(10-14)19(30)16-12-28-18(21(25,26)27)11-17(16)29-15-8-3-1-2-4-9-15/h5-7,10-12,15,19,30H,1-4,8-9H2,(H,28,29). The van der Waals surface area contributed by atoms with Gasteiger partial charge in [-0.05, 0) is 36.6 Å². The number of alkyl halides is 6. The first-order valence-corrected chi connectivity index (χ1v) is 9.74. The Balaban J connectivity index is 1.98. The van der Waals surface area contributed by atoms with Crippen LogP contribution in [0.15, 0.2) is 36.5 Å². The topological polar surface area (TPSA) is 45.2 Å². The highest BCUT2D eigenvalue weighted by Gasteiger charge is 2.34. The summed E-state index contributed by atoms with van der Waals surface area (Å²) < 4.78 is 78.6. The van der Waals surface area contributed by atoms with Gasteiger partial charge >= 0.3 is 12.4 Å². The summed E-state index contributed by atoms with van der Waals surface area (Å²) in [6.45, 7) is 0. The molecule has 2 N–H and O–H groups in total. The van der Waals surface area contributed by atoms with E-state index in [0.717, 1.165) is 69.0 Å². The maximum Gasteiger partial charge on any atom is 0.433 e. The Kier molecular flexibility index (Phi) is 6.59. The van der Waals surface area contributed by atoms with E-state index in [2.05, 4.69) is 10.3 Å². The van der Waals surface area contributed by atoms with Crippen LogP contribution in [0.4, 0.5) is 32.0 Å². The van der Waals surface area contributed by atoms with Crippen LogP contribution in [-0.4, -0.2) is 16.1 Å². The molecule has 1 aliphatic rings. The number of aliphatic hydroxyl groups is 1. The minimum atomic E-state index is -4.68. The zero-order chi connectivity index (χ0) is 21.9. The van der Waals surface area contributed by atoms with Crippen LogP contribution >= 0.6 is 0 Å². The highest BCUT2D eigenvalue weighted by atomic mass is 19.4. The Morgan fingerprint density at radius 2 is 1.60 bits per heavy atom. The molecule has 1 heterocycles. The van der Waals surface area contributed by atoms with E-state index in [1.807, 2.05) is 0 Å². The van der Waals surface area contributed by atoms with E-state index >= 15 is 0 Å². The van der Waals surface area contributed by atoms with Crippen LogP contribution in [-0.2, 0) is 12.4 Å². The zero-order valence-corrected chi connectivity index (χ0v) is 16.0. The second kappa shape index (κ2) is 8.83. The summed E-state index contributed by atoms with van der Waals surface area (Å²) in [5, 5.41) is 13.8. The van der Waals surface area contributed by atoms with Crippen LogP contribution in [0.2, 0.25) is 0 Å². The zero-order valence-electron chi connectivity index (χ0n) is 16.0. The van der Waals surface area contributed by atoms with Crippen LogP contribution in [0.1, 0.15) is 67.0 Å². The molecule has 3 nitrogen and oxygen atoms in total. The van der Waals surface area contributed by atoms with E-state index < -0.39 is 29.7 Å². The maximum atomic E-state index is 13.2. The van der Waals surface area contributed by atoms with E-state index in [1.54, 1.807) is 0 Å². The molecule has 1 atom stereocenters. The molecule has 1 aromatic heterocycles. The number of pyridine rings is 1. The smallest absolute Gasteiger partial charge is 0.384 e. The number of hydrogen-bond acceptors (Lipinski definition) is 3. The minimum Gasteiger partial charge on any atom is -0.384 e. The fraction of sp³-hybridized carbons (Fsp3) is 0.476. The summed E-state index contributed by atoms with van der Waals surface area (Å²) in [6, 6.07) is 4.84. The van der Waals surface area contributed by atoms with Crippen molar-refractivity contribution in [2.24, 2.45) is 0 Å². The molecule has 0 bridgehead atoms. The molecule has 2 aromatic rings. The number of aliphatic hydroxyl groups excluding tert-OH is 1. The molecule has 0 saturated heterocycles. The third kappa shape index (κ3) is 5.44. The van der Waals surface area contributed by atoms with Crippen molar-refractivity contribution in [3.63, 3.8) is 0 Å². The summed E-state index contributed by atoms with van der Waals surface area (Å²) in [5.74, 6) is 0. The van der Waals surface area contributed by atoms with Crippen molar-refractivity contribution in [2.45, 2.75) is 63.0 Å². The summed E-state index contributed by atoms with van der Waals surface area (Å²) >= 11 is 0. The molecule has 1 aliphatic carbocycles. The lowest BCUT2D eigenvalue weighted by molar-refractivity contribution is -0.141. The molecule has 3 rings (SSSR count). The third-order valence-electron chi connectivity index (χ3n) is 5.26. The first-order valence-electron chi connectivity index (χ1n) is 9.74. The quantitative estimate of drug-likeness (QED) is 0.438. The molecule has 0 amide bonds. The van der Waals surface area contributed by atoms with Crippen molar-refractivity contribution in [1.29, 1.82) is 0 Å². The number of rotatable bonds is 4. The summed E-state index contributed by atoms with van der Waals surface area (Å²) in [5.41, 5.74) is -2.10. The van der Waals surface area contributed by atoms with Crippen molar-refractivity contribution in [1.82, 2.24) is 4.98 Å². The first kappa shape index (κ1) is 22.4. The Labute approximate surface area is 170 Å². The first-order chi connectivity index (χ1) is 14.1. The third-order valence-corrected chi connectivity index (χ3v) is 5.26. The van der Waals surface area contributed by atoms with Gasteiger partial charge < -0.3 is 10.4 Å². The van der Waals surface area contributed by atoms with Gasteiger partial charge in [-0.3, -0.25) is 4.98 Å². The Morgan fingerprint density at radius 1 is 0.933 bits per heavy atom. The lowest BCUT2D eigenvalue weighted by Crippen LogP contribution is -2.21. The molecule has 0 aliphatic heterocycles. The average molecular weight is 432 g/mol. The molecule has 1 fully saturated rings. The van der Waals surface area contributed by atoms with Gasteiger partial charge in [-0.1, -0.05) is 37.8 Å². The van der Waals surface area contributed by atoms with Gasteiger partial charge in [0.15, 0.2) is 0 Å². The molecule has 1 unspecified atom stereocenters. The number of halogens is 6. The monoisotopic (exact) mass is 432 g/mol. The average Bonchev–Trinajstić information content (AvgIpc) is 2.95. The van der Waals surface area contributed by atoms with Crippen molar-refractivity contribution in [3.8, 4) is 0 Å². The lowest BCUT2D eigenvalue weighted by atomic mass is 9.98. The van der Waals surface area contributed by atoms with Crippen LogP contribution in [0.5, 0.6) is 0 Å². The van der Waals surface area contributed by atoms with Crippen LogP contribution < -0.4 is 5.32 Å². The van der Waals surface area contributed by atoms with Crippen LogP contribution in [0.3, 0.4) is 0 Å². The Hall–Kier alpha value is -2.29. The molecule has 0 spiro atoms. The van der Waals surface area contributed by atoms with E-state index in [9.17, 15) is 31.4 Å². The summed E-state index contributed by atoms with van der Waals surface area (Å²) in [6.07, 6.45) is -4.48. The van der Waals surface area contributed by atoms with Crippen molar-refractivity contribution in [2.75, 3.05) is 5.32 Å². The molecule has 1 saturated carbocycles. The number of anilines is 1. The van der Waals surface area contributed by atoms with E-state index in [1.165, 1.54) is 6.07 Å².